The second kappa shape index (κ2) is 5.00. The van der Waals surface area contributed by atoms with Gasteiger partial charge >= 0.3 is 0 Å². The highest BCUT2D eigenvalue weighted by Gasteiger charge is 2.52. The Kier molecular flexibility index (Phi) is 3.36. The molecule has 0 aromatic carbocycles. The Morgan fingerprint density at radius 2 is 1.86 bits per heavy atom. The Morgan fingerprint density at radius 3 is 2.48 bits per heavy atom. The van der Waals surface area contributed by atoms with Gasteiger partial charge in [-0.3, -0.25) is 9.69 Å². The number of carbonyl (C=O) groups excluding carboxylic acids is 1. The molecule has 4 nitrogen and oxygen atoms in total. The van der Waals surface area contributed by atoms with Gasteiger partial charge in [-0.25, -0.2) is 4.39 Å². The average molecular weight is 296 g/mol. The van der Waals surface area contributed by atoms with Crippen LogP contribution in [0, 0.1) is 17.8 Å². The molecule has 0 aromatic rings. The second-order valence-electron chi connectivity index (χ2n) is 7.75. The largest absolute Gasteiger partial charge is 0.394 e. The standard InChI is InChI=1S/C16H25FN2O2/c17-14-4-16(10-20)3-11(6-19(16)9-14)5-18-7-12-1-2-13(8-18)15(12)21/h11-14,20H,1-10H2/t11-,12-,13+,14-,16+/m1/s1. The number of hydrogen-bond acceptors (Lipinski definition) is 4. The molecule has 5 atom stereocenters. The van der Waals surface area contributed by atoms with Gasteiger partial charge in [-0.1, -0.05) is 0 Å². The summed E-state index contributed by atoms with van der Waals surface area (Å²) in [5, 5.41) is 9.73. The van der Waals surface area contributed by atoms with Crippen molar-refractivity contribution in [2.45, 2.75) is 37.4 Å². The summed E-state index contributed by atoms with van der Waals surface area (Å²) >= 11 is 0. The number of likely N-dealkylation sites (tertiary alicyclic amines) is 1. The highest BCUT2D eigenvalue weighted by atomic mass is 19.1. The molecule has 0 aromatic heterocycles. The van der Waals surface area contributed by atoms with Crippen LogP contribution in [0.25, 0.3) is 0 Å². The molecule has 4 fully saturated rings. The molecule has 3 saturated heterocycles. The summed E-state index contributed by atoms with van der Waals surface area (Å²) in [5.74, 6) is 1.54. The summed E-state index contributed by atoms with van der Waals surface area (Å²) in [6.07, 6.45) is 2.76. The molecule has 21 heavy (non-hydrogen) atoms. The Hall–Kier alpha value is -0.520. The first-order chi connectivity index (χ1) is 10.1. The molecule has 1 saturated carbocycles. The maximum Gasteiger partial charge on any atom is 0.141 e. The molecule has 0 amide bonds. The average Bonchev–Trinajstić information content (AvgIpc) is 2.96. The first-order valence-corrected chi connectivity index (χ1v) is 8.36. The summed E-state index contributed by atoms with van der Waals surface area (Å²) in [6.45, 7) is 4.32. The van der Waals surface area contributed by atoms with E-state index in [0.717, 1.165) is 45.4 Å². The fourth-order valence-electron chi connectivity index (χ4n) is 5.38. The zero-order valence-corrected chi connectivity index (χ0v) is 12.5. The minimum absolute atomic E-state index is 0.0770. The van der Waals surface area contributed by atoms with E-state index in [2.05, 4.69) is 9.80 Å². The molecule has 4 rings (SSSR count). The quantitative estimate of drug-likeness (QED) is 0.832. The number of rotatable bonds is 3. The van der Waals surface area contributed by atoms with Crippen LogP contribution < -0.4 is 0 Å². The van der Waals surface area contributed by atoms with Crippen LogP contribution in [0.15, 0.2) is 0 Å². The number of halogens is 1. The Balaban J connectivity index is 1.38. The van der Waals surface area contributed by atoms with E-state index in [0.29, 0.717) is 24.7 Å². The van der Waals surface area contributed by atoms with Crippen molar-refractivity contribution in [1.29, 1.82) is 0 Å². The molecule has 1 N–H and O–H groups in total. The summed E-state index contributed by atoms with van der Waals surface area (Å²) in [6, 6.07) is 0. The van der Waals surface area contributed by atoms with Crippen LogP contribution in [0.5, 0.6) is 0 Å². The number of hydrogen-bond donors (Lipinski definition) is 1. The Bertz CT molecular complexity index is 430. The van der Waals surface area contributed by atoms with E-state index in [9.17, 15) is 14.3 Å². The molecule has 5 heteroatoms. The third-order valence-electron chi connectivity index (χ3n) is 6.27. The van der Waals surface area contributed by atoms with Gasteiger partial charge < -0.3 is 10.0 Å². The number of nitrogens with zero attached hydrogens (tertiary/aromatic N) is 2. The minimum Gasteiger partial charge on any atom is -0.394 e. The van der Waals surface area contributed by atoms with Gasteiger partial charge in [0.05, 0.1) is 6.61 Å². The summed E-state index contributed by atoms with van der Waals surface area (Å²) in [7, 11) is 0. The molecule has 0 radical (unpaired) electrons. The van der Waals surface area contributed by atoms with E-state index in [-0.39, 0.29) is 24.0 Å². The van der Waals surface area contributed by atoms with E-state index >= 15 is 0 Å². The lowest BCUT2D eigenvalue weighted by Crippen LogP contribution is -2.44. The molecule has 3 heterocycles. The molecule has 118 valence electrons. The monoisotopic (exact) mass is 296 g/mol. The van der Waals surface area contributed by atoms with Gasteiger partial charge in [0.2, 0.25) is 0 Å². The van der Waals surface area contributed by atoms with Crippen molar-refractivity contribution in [3.05, 3.63) is 0 Å². The molecule has 4 aliphatic rings. The predicted octanol–water partition coefficient (Wildman–Crippen LogP) is 0.692. The van der Waals surface area contributed by atoms with Gasteiger partial charge in [0.1, 0.15) is 12.0 Å². The van der Waals surface area contributed by atoms with E-state index in [1.54, 1.807) is 0 Å². The normalized spacial score (nSPS) is 47.2. The smallest absolute Gasteiger partial charge is 0.141 e. The van der Waals surface area contributed by atoms with Crippen molar-refractivity contribution in [3.63, 3.8) is 0 Å². The SMILES string of the molecule is O=C1[C@@H]2CC[C@H]1CN(C[C@@H]1CN3C[C@H](F)C[C@]3(CO)C1)C2. The van der Waals surface area contributed by atoms with Gasteiger partial charge in [-0.15, -0.1) is 0 Å². The van der Waals surface area contributed by atoms with E-state index < -0.39 is 6.17 Å². The van der Waals surface area contributed by atoms with E-state index in [1.807, 2.05) is 0 Å². The summed E-state index contributed by atoms with van der Waals surface area (Å²) in [4.78, 5) is 16.6. The number of aliphatic hydroxyl groups excluding tert-OH is 1. The third kappa shape index (κ3) is 2.25. The number of carbonyl (C=O) groups is 1. The second-order valence-corrected chi connectivity index (χ2v) is 7.75. The fourth-order valence-corrected chi connectivity index (χ4v) is 5.38. The van der Waals surface area contributed by atoms with Crippen LogP contribution >= 0.6 is 0 Å². The van der Waals surface area contributed by atoms with Crippen molar-refractivity contribution in [2.75, 3.05) is 39.3 Å². The lowest BCUT2D eigenvalue weighted by atomic mass is 9.89. The first-order valence-electron chi connectivity index (χ1n) is 8.36. The molecular weight excluding hydrogens is 271 g/mol. The maximum atomic E-state index is 13.6. The summed E-state index contributed by atoms with van der Waals surface area (Å²) in [5.41, 5.74) is -0.297. The van der Waals surface area contributed by atoms with Crippen LogP contribution in [0.4, 0.5) is 4.39 Å². The van der Waals surface area contributed by atoms with Crippen LogP contribution in [0.3, 0.4) is 0 Å². The lowest BCUT2D eigenvalue weighted by molar-refractivity contribution is -0.127. The van der Waals surface area contributed by atoms with Crippen molar-refractivity contribution < 1.29 is 14.3 Å². The zero-order chi connectivity index (χ0) is 14.6. The predicted molar refractivity (Wildman–Crippen MR) is 76.7 cm³/mol. The van der Waals surface area contributed by atoms with Crippen molar-refractivity contribution in [1.82, 2.24) is 9.80 Å². The number of piperidine rings is 1. The summed E-state index contributed by atoms with van der Waals surface area (Å²) < 4.78 is 13.6. The maximum absolute atomic E-state index is 13.6. The minimum atomic E-state index is -0.776. The molecule has 3 aliphatic heterocycles. The van der Waals surface area contributed by atoms with E-state index in [1.165, 1.54) is 0 Å². The number of ketones is 1. The van der Waals surface area contributed by atoms with Crippen LogP contribution in [-0.4, -0.2) is 71.7 Å². The van der Waals surface area contributed by atoms with Gasteiger partial charge in [-0.05, 0) is 25.2 Å². The van der Waals surface area contributed by atoms with Crippen molar-refractivity contribution in [3.8, 4) is 0 Å². The third-order valence-corrected chi connectivity index (χ3v) is 6.27. The number of Topliss-reactive ketones (excluding diaryl/α,β-unsaturated/α-hetero) is 1. The van der Waals surface area contributed by atoms with Gasteiger partial charge in [-0.2, -0.15) is 0 Å². The van der Waals surface area contributed by atoms with Gasteiger partial charge in [0.25, 0.3) is 0 Å². The van der Waals surface area contributed by atoms with Crippen molar-refractivity contribution >= 4 is 5.78 Å². The van der Waals surface area contributed by atoms with E-state index in [4.69, 9.17) is 0 Å². The topological polar surface area (TPSA) is 43.8 Å². The Morgan fingerprint density at radius 1 is 1.14 bits per heavy atom. The van der Waals surface area contributed by atoms with Crippen LogP contribution in [-0.2, 0) is 4.79 Å². The molecule has 1 aliphatic carbocycles. The zero-order valence-electron chi connectivity index (χ0n) is 12.5. The molecule has 0 spiro atoms. The number of fused-ring (bicyclic) bond motifs is 3. The van der Waals surface area contributed by atoms with Gasteiger partial charge in [0.15, 0.2) is 0 Å². The highest BCUT2D eigenvalue weighted by molar-refractivity contribution is 5.86. The first kappa shape index (κ1) is 14.1. The molecule has 0 unspecified atom stereocenters. The van der Waals surface area contributed by atoms with Gasteiger partial charge in [0, 0.05) is 56.5 Å². The number of aliphatic hydroxyl groups is 1. The Labute approximate surface area is 125 Å². The van der Waals surface area contributed by atoms with Crippen LogP contribution in [0.2, 0.25) is 0 Å². The fraction of sp³-hybridized carbons (Fsp3) is 0.938. The molecular formula is C16H25FN2O2. The van der Waals surface area contributed by atoms with Crippen LogP contribution in [0.1, 0.15) is 25.7 Å². The lowest BCUT2D eigenvalue weighted by Gasteiger charge is -2.33. The number of alkyl halides is 1. The molecule has 2 bridgehead atoms. The highest BCUT2D eigenvalue weighted by Crippen LogP contribution is 2.43. The van der Waals surface area contributed by atoms with Crippen molar-refractivity contribution in [2.24, 2.45) is 17.8 Å².